The zero-order valence-electron chi connectivity index (χ0n) is 20.2. The van der Waals surface area contributed by atoms with Crippen LogP contribution in [0.15, 0.2) is 49.6 Å². The number of esters is 1. The average molecular weight is 471 g/mol. The van der Waals surface area contributed by atoms with Crippen molar-refractivity contribution in [2.24, 2.45) is 5.92 Å². The number of hydrogen-bond acceptors (Lipinski definition) is 5. The first-order chi connectivity index (χ1) is 16.4. The first kappa shape index (κ1) is 27.3. The zero-order chi connectivity index (χ0) is 24.9. The fraction of sp³-hybridized carbons (Fsp3) is 0.519. The summed E-state index contributed by atoms with van der Waals surface area (Å²) in [7, 11) is 0. The Bertz CT molecular complexity index is 853. The van der Waals surface area contributed by atoms with Gasteiger partial charge in [-0.2, -0.15) is 0 Å². The van der Waals surface area contributed by atoms with Crippen molar-refractivity contribution < 1.29 is 24.2 Å². The lowest BCUT2D eigenvalue weighted by atomic mass is 9.92. The third-order valence-electron chi connectivity index (χ3n) is 6.05. The maximum Gasteiger partial charge on any atom is 0.305 e. The summed E-state index contributed by atoms with van der Waals surface area (Å²) < 4.78 is 5.26. The van der Waals surface area contributed by atoms with Crippen molar-refractivity contribution in [3.05, 3.63) is 60.7 Å². The molecule has 186 valence electrons. The highest BCUT2D eigenvalue weighted by Crippen LogP contribution is 2.25. The van der Waals surface area contributed by atoms with Crippen LogP contribution in [-0.2, 0) is 32.1 Å². The minimum Gasteiger partial charge on any atom is -0.464 e. The number of amides is 2. The standard InChI is InChI=1S/C27H38N2O5/c1-4-6-7-8-14-26(32)34-19-20(3)28-27(33)22(11-5-2)16-25(31)29-17-23-13-10-9-12-21(23)15-24(29)18-30/h4-5,9-10,12-13,20,22,24,30H,1-2,6-8,11,14-19H2,3H3,(H,28,33). The van der Waals surface area contributed by atoms with Gasteiger partial charge in [-0.1, -0.05) is 36.4 Å². The molecule has 3 unspecified atom stereocenters. The summed E-state index contributed by atoms with van der Waals surface area (Å²) in [6.07, 6.45) is 7.24. The van der Waals surface area contributed by atoms with Crippen LogP contribution >= 0.6 is 0 Å². The summed E-state index contributed by atoms with van der Waals surface area (Å²) in [5.41, 5.74) is 2.19. The average Bonchev–Trinajstić information content (AvgIpc) is 2.84. The number of unbranched alkanes of at least 4 members (excludes halogenated alkanes) is 2. The Morgan fingerprint density at radius 1 is 1.21 bits per heavy atom. The van der Waals surface area contributed by atoms with Crippen molar-refractivity contribution in [3.8, 4) is 0 Å². The normalized spacial score (nSPS) is 16.6. The Kier molecular flexibility index (Phi) is 11.5. The molecule has 7 heteroatoms. The van der Waals surface area contributed by atoms with Crippen LogP contribution in [0.5, 0.6) is 0 Å². The number of aliphatic hydroxyl groups is 1. The molecule has 0 bridgehead atoms. The molecule has 0 saturated heterocycles. The molecule has 2 amide bonds. The summed E-state index contributed by atoms with van der Waals surface area (Å²) in [5.74, 6) is -1.32. The van der Waals surface area contributed by atoms with Gasteiger partial charge in [0.1, 0.15) is 6.61 Å². The molecule has 2 rings (SSSR count). The van der Waals surface area contributed by atoms with Crippen molar-refractivity contribution in [1.82, 2.24) is 10.2 Å². The second kappa shape index (κ2) is 14.4. The Labute approximate surface area is 202 Å². The molecule has 0 fully saturated rings. The molecule has 0 aliphatic carbocycles. The van der Waals surface area contributed by atoms with Gasteiger partial charge in [-0.3, -0.25) is 14.4 Å². The van der Waals surface area contributed by atoms with E-state index >= 15 is 0 Å². The van der Waals surface area contributed by atoms with E-state index in [0.717, 1.165) is 30.4 Å². The van der Waals surface area contributed by atoms with E-state index in [2.05, 4.69) is 18.5 Å². The summed E-state index contributed by atoms with van der Waals surface area (Å²) in [5, 5.41) is 12.7. The SMILES string of the molecule is C=CCCCCC(=O)OCC(C)NC(=O)C(CC=C)CC(=O)N1Cc2ccccc2CC1CO. The predicted octanol–water partition coefficient (Wildman–Crippen LogP) is 3.31. The number of hydrogen-bond donors (Lipinski definition) is 2. The molecule has 0 radical (unpaired) electrons. The number of fused-ring (bicyclic) bond motifs is 1. The van der Waals surface area contributed by atoms with Crippen LogP contribution in [0.25, 0.3) is 0 Å². The van der Waals surface area contributed by atoms with Crippen molar-refractivity contribution in [2.75, 3.05) is 13.2 Å². The lowest BCUT2D eigenvalue weighted by Crippen LogP contribution is -2.48. The minimum absolute atomic E-state index is 0.0202. The maximum atomic E-state index is 13.1. The second-order valence-electron chi connectivity index (χ2n) is 8.88. The number of ether oxygens (including phenoxy) is 1. The third kappa shape index (κ3) is 8.45. The highest BCUT2D eigenvalue weighted by atomic mass is 16.5. The molecule has 1 aromatic rings. The van der Waals surface area contributed by atoms with E-state index in [4.69, 9.17) is 4.74 Å². The smallest absolute Gasteiger partial charge is 0.305 e. The van der Waals surface area contributed by atoms with E-state index < -0.39 is 5.92 Å². The quantitative estimate of drug-likeness (QED) is 0.247. The maximum absolute atomic E-state index is 13.1. The Balaban J connectivity index is 1.89. The zero-order valence-corrected chi connectivity index (χ0v) is 20.2. The monoisotopic (exact) mass is 470 g/mol. The van der Waals surface area contributed by atoms with Crippen LogP contribution in [-0.4, -0.2) is 53.1 Å². The lowest BCUT2D eigenvalue weighted by molar-refractivity contribution is -0.145. The Hall–Kier alpha value is -2.93. The molecule has 3 atom stereocenters. The number of benzene rings is 1. The van der Waals surface area contributed by atoms with Crippen LogP contribution in [0.4, 0.5) is 0 Å². The van der Waals surface area contributed by atoms with Crippen molar-refractivity contribution >= 4 is 17.8 Å². The molecule has 2 N–H and O–H groups in total. The second-order valence-corrected chi connectivity index (χ2v) is 8.88. The Morgan fingerprint density at radius 2 is 1.94 bits per heavy atom. The van der Waals surface area contributed by atoms with E-state index in [-0.39, 0.29) is 49.5 Å². The van der Waals surface area contributed by atoms with Gasteiger partial charge in [-0.25, -0.2) is 0 Å². The van der Waals surface area contributed by atoms with Gasteiger partial charge < -0.3 is 20.1 Å². The van der Waals surface area contributed by atoms with Gasteiger partial charge in [-0.15, -0.1) is 13.2 Å². The topological polar surface area (TPSA) is 95.9 Å². The number of aliphatic hydroxyl groups excluding tert-OH is 1. The van der Waals surface area contributed by atoms with Crippen LogP contribution in [0, 0.1) is 5.92 Å². The molecule has 7 nitrogen and oxygen atoms in total. The first-order valence-electron chi connectivity index (χ1n) is 12.0. The van der Waals surface area contributed by atoms with E-state index in [1.54, 1.807) is 17.9 Å². The third-order valence-corrected chi connectivity index (χ3v) is 6.05. The van der Waals surface area contributed by atoms with Crippen LogP contribution in [0.1, 0.15) is 56.6 Å². The van der Waals surface area contributed by atoms with Gasteiger partial charge in [-0.05, 0) is 50.2 Å². The fourth-order valence-corrected chi connectivity index (χ4v) is 4.11. The molecule has 1 heterocycles. The largest absolute Gasteiger partial charge is 0.464 e. The fourth-order valence-electron chi connectivity index (χ4n) is 4.11. The van der Waals surface area contributed by atoms with E-state index in [1.807, 2.05) is 30.3 Å². The summed E-state index contributed by atoms with van der Waals surface area (Å²) >= 11 is 0. The number of rotatable bonds is 14. The molecule has 0 saturated carbocycles. The number of carbonyl (C=O) groups is 3. The van der Waals surface area contributed by atoms with E-state index in [1.165, 1.54) is 0 Å². The minimum atomic E-state index is -0.585. The van der Waals surface area contributed by atoms with Gasteiger partial charge in [0.15, 0.2) is 0 Å². The summed E-state index contributed by atoms with van der Waals surface area (Å²) in [4.78, 5) is 39.5. The molecule has 34 heavy (non-hydrogen) atoms. The molecule has 1 aliphatic heterocycles. The molecular weight excluding hydrogens is 432 g/mol. The van der Waals surface area contributed by atoms with E-state index in [9.17, 15) is 19.5 Å². The highest BCUT2D eigenvalue weighted by molar-refractivity contribution is 5.86. The molecule has 1 aromatic carbocycles. The van der Waals surface area contributed by atoms with Crippen molar-refractivity contribution in [3.63, 3.8) is 0 Å². The van der Waals surface area contributed by atoms with Crippen molar-refractivity contribution in [1.29, 1.82) is 0 Å². The van der Waals surface area contributed by atoms with Gasteiger partial charge in [0.05, 0.1) is 24.6 Å². The molecule has 1 aliphatic rings. The molecule has 0 aromatic heterocycles. The first-order valence-corrected chi connectivity index (χ1v) is 12.0. The predicted molar refractivity (Wildman–Crippen MR) is 132 cm³/mol. The van der Waals surface area contributed by atoms with E-state index in [0.29, 0.717) is 25.8 Å². The molecule has 0 spiro atoms. The van der Waals surface area contributed by atoms with Gasteiger partial charge >= 0.3 is 5.97 Å². The molecular formula is C27H38N2O5. The summed E-state index contributed by atoms with van der Waals surface area (Å²) in [6.45, 7) is 9.51. The van der Waals surface area contributed by atoms with Gasteiger partial charge in [0, 0.05) is 19.4 Å². The number of nitrogens with zero attached hydrogens (tertiary/aromatic N) is 1. The van der Waals surface area contributed by atoms with Gasteiger partial charge in [0.2, 0.25) is 11.8 Å². The van der Waals surface area contributed by atoms with Crippen LogP contribution in [0.2, 0.25) is 0 Å². The lowest BCUT2D eigenvalue weighted by Gasteiger charge is -2.36. The van der Waals surface area contributed by atoms with Crippen LogP contribution < -0.4 is 5.32 Å². The summed E-state index contributed by atoms with van der Waals surface area (Å²) in [6, 6.07) is 7.21. The highest BCUT2D eigenvalue weighted by Gasteiger charge is 2.32. The number of carbonyl (C=O) groups excluding carboxylic acids is 3. The number of allylic oxidation sites excluding steroid dienone is 2. The van der Waals surface area contributed by atoms with Crippen LogP contribution in [0.3, 0.4) is 0 Å². The van der Waals surface area contributed by atoms with Gasteiger partial charge in [0.25, 0.3) is 0 Å². The number of nitrogens with one attached hydrogen (secondary N) is 1. The van der Waals surface area contributed by atoms with Crippen molar-refractivity contribution in [2.45, 2.75) is 70.5 Å². The Morgan fingerprint density at radius 3 is 2.62 bits per heavy atom.